The molecule has 0 bridgehead atoms. The summed E-state index contributed by atoms with van der Waals surface area (Å²) in [6.07, 6.45) is 2.59. The van der Waals surface area contributed by atoms with Gasteiger partial charge in [0.25, 0.3) is 5.69 Å². The van der Waals surface area contributed by atoms with Crippen LogP contribution in [0.4, 0.5) is 11.4 Å². The molecular formula is C9H10BrN3O3. The molecule has 0 aromatic carbocycles. The van der Waals surface area contributed by atoms with E-state index in [-0.39, 0.29) is 11.8 Å². The first-order valence-electron chi connectivity index (χ1n) is 4.82. The van der Waals surface area contributed by atoms with E-state index >= 15 is 0 Å². The minimum Gasteiger partial charge on any atom is -0.376 e. The number of hydrogen-bond acceptors (Lipinski definition) is 5. The molecule has 1 aromatic rings. The lowest BCUT2D eigenvalue weighted by atomic mass is 10.2. The predicted molar refractivity (Wildman–Crippen MR) is 61.4 cm³/mol. The van der Waals surface area contributed by atoms with E-state index in [4.69, 9.17) is 4.74 Å². The summed E-state index contributed by atoms with van der Waals surface area (Å²) in [6, 6.07) is 1.38. The summed E-state index contributed by atoms with van der Waals surface area (Å²) in [5.41, 5.74) is 0.435. The Hall–Kier alpha value is -1.21. The van der Waals surface area contributed by atoms with Crippen molar-refractivity contribution in [1.82, 2.24) is 4.98 Å². The molecule has 1 aromatic heterocycles. The number of hydrogen-bond donors (Lipinski definition) is 1. The molecule has 1 atom stereocenters. The monoisotopic (exact) mass is 287 g/mol. The third-order valence-electron chi connectivity index (χ3n) is 2.36. The van der Waals surface area contributed by atoms with Crippen LogP contribution in [0.25, 0.3) is 0 Å². The molecule has 0 saturated carbocycles. The van der Waals surface area contributed by atoms with Crippen molar-refractivity contribution in [3.63, 3.8) is 0 Å². The van der Waals surface area contributed by atoms with Gasteiger partial charge < -0.3 is 10.1 Å². The minimum absolute atomic E-state index is 0.0150. The van der Waals surface area contributed by atoms with Crippen molar-refractivity contribution in [2.45, 2.75) is 12.5 Å². The number of nitro groups is 1. The molecule has 2 heterocycles. The van der Waals surface area contributed by atoms with Crippen molar-refractivity contribution in [1.29, 1.82) is 0 Å². The summed E-state index contributed by atoms with van der Waals surface area (Å²) in [7, 11) is 0. The average Bonchev–Trinajstić information content (AvgIpc) is 2.17. The zero-order chi connectivity index (χ0) is 11.5. The number of nitrogens with zero attached hydrogens (tertiary/aromatic N) is 2. The third-order valence-corrected chi connectivity index (χ3v) is 2.79. The van der Waals surface area contributed by atoms with Gasteiger partial charge in [0, 0.05) is 13.2 Å². The molecule has 1 aliphatic rings. The molecule has 0 amide bonds. The molecular weight excluding hydrogens is 278 g/mol. The lowest BCUT2D eigenvalue weighted by Gasteiger charge is -2.26. The van der Waals surface area contributed by atoms with Crippen molar-refractivity contribution < 1.29 is 9.66 Å². The Morgan fingerprint density at radius 3 is 3.06 bits per heavy atom. The highest BCUT2D eigenvalue weighted by molar-refractivity contribution is 9.10. The lowest BCUT2D eigenvalue weighted by molar-refractivity contribution is -0.384. The van der Waals surface area contributed by atoms with Crippen molar-refractivity contribution in [3.8, 4) is 0 Å². The maximum Gasteiger partial charge on any atom is 0.296 e. The highest BCUT2D eigenvalue weighted by Crippen LogP contribution is 2.26. The van der Waals surface area contributed by atoms with Gasteiger partial charge in [-0.15, -0.1) is 0 Å². The molecule has 1 saturated heterocycles. The van der Waals surface area contributed by atoms with E-state index in [0.717, 1.165) is 13.0 Å². The zero-order valence-corrected chi connectivity index (χ0v) is 9.94. The quantitative estimate of drug-likeness (QED) is 0.520. The Bertz CT molecular complexity index is 409. The van der Waals surface area contributed by atoms with Crippen LogP contribution in [0, 0.1) is 10.1 Å². The van der Waals surface area contributed by atoms with Gasteiger partial charge in [0.2, 0.25) is 0 Å². The van der Waals surface area contributed by atoms with E-state index in [9.17, 15) is 10.1 Å². The normalized spacial score (nSPS) is 18.9. The summed E-state index contributed by atoms with van der Waals surface area (Å²) in [5, 5.41) is 13.8. The summed E-state index contributed by atoms with van der Waals surface area (Å²) < 4.78 is 5.66. The van der Waals surface area contributed by atoms with Crippen molar-refractivity contribution in [2.75, 3.05) is 18.5 Å². The maximum absolute atomic E-state index is 10.8. The van der Waals surface area contributed by atoms with E-state index in [1.807, 2.05) is 0 Å². The Balaban J connectivity index is 2.08. The fraction of sp³-hybridized carbons (Fsp3) is 0.444. The van der Waals surface area contributed by atoms with Gasteiger partial charge in [-0.2, -0.15) is 0 Å². The summed E-state index contributed by atoms with van der Waals surface area (Å²) in [4.78, 5) is 14.3. The maximum atomic E-state index is 10.8. The van der Waals surface area contributed by atoms with E-state index in [0.29, 0.717) is 16.8 Å². The standard InChI is InChI=1S/C9H10BrN3O3/c10-9-3-8(13(14)15)7(5-12-9)11-4-6-1-2-16-6/h3,5-6,11H,1-2,4H2/t6-/m0/s1. The van der Waals surface area contributed by atoms with E-state index in [1.165, 1.54) is 12.3 Å². The highest BCUT2D eigenvalue weighted by Gasteiger charge is 2.20. The number of halogens is 1. The molecule has 0 spiro atoms. The van der Waals surface area contributed by atoms with Crippen LogP contribution in [0.2, 0.25) is 0 Å². The fourth-order valence-corrected chi connectivity index (χ4v) is 1.70. The van der Waals surface area contributed by atoms with Gasteiger partial charge in [-0.25, -0.2) is 4.98 Å². The minimum atomic E-state index is -0.434. The molecule has 0 unspecified atom stereocenters. The van der Waals surface area contributed by atoms with Crippen LogP contribution >= 0.6 is 15.9 Å². The van der Waals surface area contributed by atoms with E-state index in [1.54, 1.807) is 0 Å². The van der Waals surface area contributed by atoms with Gasteiger partial charge in [-0.05, 0) is 22.4 Å². The molecule has 0 radical (unpaired) electrons. The number of rotatable bonds is 4. The van der Waals surface area contributed by atoms with Crippen LogP contribution in [0.15, 0.2) is 16.9 Å². The lowest BCUT2D eigenvalue weighted by Crippen LogP contribution is -2.33. The molecule has 1 aliphatic heterocycles. The first kappa shape index (κ1) is 11.3. The van der Waals surface area contributed by atoms with E-state index in [2.05, 4.69) is 26.2 Å². The van der Waals surface area contributed by atoms with Crippen molar-refractivity contribution in [2.24, 2.45) is 0 Å². The number of pyridine rings is 1. The number of ether oxygens (including phenoxy) is 1. The molecule has 6 nitrogen and oxygen atoms in total. The zero-order valence-electron chi connectivity index (χ0n) is 8.35. The molecule has 86 valence electrons. The predicted octanol–water partition coefficient (Wildman–Crippen LogP) is 1.95. The molecule has 1 N–H and O–H groups in total. The molecule has 7 heteroatoms. The van der Waals surface area contributed by atoms with Crippen LogP contribution in [0.1, 0.15) is 6.42 Å². The average molecular weight is 288 g/mol. The van der Waals surface area contributed by atoms with E-state index < -0.39 is 4.92 Å². The van der Waals surface area contributed by atoms with Crippen molar-refractivity contribution in [3.05, 3.63) is 27.0 Å². The Labute approximate surface area is 100 Å². The van der Waals surface area contributed by atoms with Gasteiger partial charge in [0.15, 0.2) is 0 Å². The summed E-state index contributed by atoms with van der Waals surface area (Å²) in [5.74, 6) is 0. The SMILES string of the molecule is O=[N+]([O-])c1cc(Br)ncc1NC[C@@H]1CCO1. The number of aromatic nitrogens is 1. The molecule has 0 aliphatic carbocycles. The fourth-order valence-electron chi connectivity index (χ4n) is 1.38. The second kappa shape index (κ2) is 4.75. The van der Waals surface area contributed by atoms with Gasteiger partial charge >= 0.3 is 0 Å². The van der Waals surface area contributed by atoms with Crippen LogP contribution in [0.3, 0.4) is 0 Å². The largest absolute Gasteiger partial charge is 0.376 e. The Kier molecular flexibility index (Phi) is 3.35. The van der Waals surface area contributed by atoms with Gasteiger partial charge in [0.1, 0.15) is 10.3 Å². The van der Waals surface area contributed by atoms with Crippen LogP contribution in [-0.2, 0) is 4.74 Å². The molecule has 16 heavy (non-hydrogen) atoms. The molecule has 2 rings (SSSR count). The Morgan fingerprint density at radius 2 is 2.50 bits per heavy atom. The highest BCUT2D eigenvalue weighted by atomic mass is 79.9. The summed E-state index contributed by atoms with van der Waals surface area (Å²) >= 11 is 3.10. The second-order valence-electron chi connectivity index (χ2n) is 3.44. The number of anilines is 1. The van der Waals surface area contributed by atoms with Crippen LogP contribution in [0.5, 0.6) is 0 Å². The van der Waals surface area contributed by atoms with Crippen LogP contribution in [-0.4, -0.2) is 29.2 Å². The third kappa shape index (κ3) is 2.48. The Morgan fingerprint density at radius 1 is 1.75 bits per heavy atom. The van der Waals surface area contributed by atoms with Gasteiger partial charge in [-0.1, -0.05) is 0 Å². The summed E-state index contributed by atoms with van der Waals surface area (Å²) in [6.45, 7) is 1.34. The van der Waals surface area contributed by atoms with Gasteiger partial charge in [-0.3, -0.25) is 10.1 Å². The van der Waals surface area contributed by atoms with Crippen molar-refractivity contribution >= 4 is 27.3 Å². The number of nitrogens with one attached hydrogen (secondary N) is 1. The smallest absolute Gasteiger partial charge is 0.296 e. The first-order valence-corrected chi connectivity index (χ1v) is 5.61. The van der Waals surface area contributed by atoms with Gasteiger partial charge in [0.05, 0.1) is 23.3 Å². The second-order valence-corrected chi connectivity index (χ2v) is 4.26. The molecule has 1 fully saturated rings. The topological polar surface area (TPSA) is 77.3 Å². The van der Waals surface area contributed by atoms with Crippen LogP contribution < -0.4 is 5.32 Å². The first-order chi connectivity index (χ1) is 7.66.